The SMILES string of the molecule is Oc1cc2ccncc2c2ccoc12. The molecule has 2 heterocycles. The van der Waals surface area contributed by atoms with Gasteiger partial charge in [-0.05, 0) is 23.6 Å². The van der Waals surface area contributed by atoms with E-state index in [9.17, 15) is 5.11 Å². The van der Waals surface area contributed by atoms with Crippen LogP contribution in [0.2, 0.25) is 0 Å². The van der Waals surface area contributed by atoms with Crippen LogP contribution in [0.3, 0.4) is 0 Å². The highest BCUT2D eigenvalue weighted by Gasteiger charge is 2.07. The van der Waals surface area contributed by atoms with Crippen molar-refractivity contribution in [1.29, 1.82) is 0 Å². The van der Waals surface area contributed by atoms with Crippen LogP contribution in [0.1, 0.15) is 0 Å². The number of aromatic hydroxyl groups is 1. The van der Waals surface area contributed by atoms with Gasteiger partial charge in [-0.15, -0.1) is 0 Å². The second-order valence-electron chi connectivity index (χ2n) is 3.16. The second-order valence-corrected chi connectivity index (χ2v) is 3.16. The third-order valence-corrected chi connectivity index (χ3v) is 2.34. The van der Waals surface area contributed by atoms with E-state index in [2.05, 4.69) is 4.98 Å². The number of benzene rings is 1. The van der Waals surface area contributed by atoms with Crippen LogP contribution in [0.25, 0.3) is 21.7 Å². The lowest BCUT2D eigenvalue weighted by atomic mass is 10.1. The molecule has 0 spiro atoms. The number of pyridine rings is 1. The zero-order chi connectivity index (χ0) is 9.54. The Kier molecular flexibility index (Phi) is 1.31. The van der Waals surface area contributed by atoms with Crippen molar-refractivity contribution in [3.63, 3.8) is 0 Å². The van der Waals surface area contributed by atoms with E-state index in [1.54, 1.807) is 24.7 Å². The molecule has 0 atom stereocenters. The van der Waals surface area contributed by atoms with Gasteiger partial charge in [0.25, 0.3) is 0 Å². The Morgan fingerprint density at radius 3 is 3.07 bits per heavy atom. The van der Waals surface area contributed by atoms with Gasteiger partial charge in [-0.2, -0.15) is 0 Å². The minimum atomic E-state index is 0.170. The molecule has 0 bridgehead atoms. The van der Waals surface area contributed by atoms with Gasteiger partial charge in [0, 0.05) is 23.2 Å². The summed E-state index contributed by atoms with van der Waals surface area (Å²) in [7, 11) is 0. The number of hydrogen-bond donors (Lipinski definition) is 1. The van der Waals surface area contributed by atoms with Crippen molar-refractivity contribution in [3.8, 4) is 5.75 Å². The molecule has 3 nitrogen and oxygen atoms in total. The van der Waals surface area contributed by atoms with E-state index in [0.717, 1.165) is 16.2 Å². The van der Waals surface area contributed by atoms with E-state index in [1.165, 1.54) is 0 Å². The van der Waals surface area contributed by atoms with Crippen molar-refractivity contribution in [2.45, 2.75) is 0 Å². The molecule has 0 saturated carbocycles. The standard InChI is InChI=1S/C11H7NO2/c13-10-5-7-1-3-12-6-9(7)8-2-4-14-11(8)10/h1-6,13H. The molecule has 1 aromatic carbocycles. The molecule has 2 aromatic heterocycles. The van der Waals surface area contributed by atoms with E-state index in [0.29, 0.717) is 5.58 Å². The van der Waals surface area contributed by atoms with Gasteiger partial charge in [0.05, 0.1) is 6.26 Å². The monoisotopic (exact) mass is 185 g/mol. The molecule has 0 aliphatic carbocycles. The van der Waals surface area contributed by atoms with Crippen molar-refractivity contribution in [2.75, 3.05) is 0 Å². The minimum absolute atomic E-state index is 0.170. The fourth-order valence-electron chi connectivity index (χ4n) is 1.69. The van der Waals surface area contributed by atoms with Gasteiger partial charge in [-0.25, -0.2) is 0 Å². The molecule has 14 heavy (non-hydrogen) atoms. The van der Waals surface area contributed by atoms with Gasteiger partial charge in [-0.3, -0.25) is 4.98 Å². The van der Waals surface area contributed by atoms with Gasteiger partial charge in [-0.1, -0.05) is 0 Å². The van der Waals surface area contributed by atoms with Gasteiger partial charge < -0.3 is 9.52 Å². The highest BCUT2D eigenvalue weighted by atomic mass is 16.3. The third kappa shape index (κ3) is 0.836. The zero-order valence-electron chi connectivity index (χ0n) is 7.27. The van der Waals surface area contributed by atoms with E-state index in [4.69, 9.17) is 4.42 Å². The van der Waals surface area contributed by atoms with Crippen molar-refractivity contribution in [2.24, 2.45) is 0 Å². The largest absolute Gasteiger partial charge is 0.504 e. The van der Waals surface area contributed by atoms with Crippen LogP contribution in [0.15, 0.2) is 41.3 Å². The van der Waals surface area contributed by atoms with Crippen LogP contribution in [-0.4, -0.2) is 10.1 Å². The van der Waals surface area contributed by atoms with Crippen LogP contribution in [0, 0.1) is 0 Å². The maximum atomic E-state index is 9.64. The number of nitrogens with zero attached hydrogens (tertiary/aromatic N) is 1. The predicted molar refractivity (Wildman–Crippen MR) is 53.2 cm³/mol. The molecule has 0 radical (unpaired) electrons. The van der Waals surface area contributed by atoms with Crippen molar-refractivity contribution < 1.29 is 9.52 Å². The Labute approximate surface area is 79.6 Å². The van der Waals surface area contributed by atoms with Crippen molar-refractivity contribution in [1.82, 2.24) is 4.98 Å². The summed E-state index contributed by atoms with van der Waals surface area (Å²) in [4.78, 5) is 4.05. The van der Waals surface area contributed by atoms with Crippen molar-refractivity contribution >= 4 is 21.7 Å². The number of phenols is 1. The normalized spacial score (nSPS) is 11.1. The number of hydrogen-bond acceptors (Lipinski definition) is 3. The van der Waals surface area contributed by atoms with E-state index < -0.39 is 0 Å². The lowest BCUT2D eigenvalue weighted by molar-refractivity contribution is 0.466. The smallest absolute Gasteiger partial charge is 0.176 e. The fraction of sp³-hybridized carbons (Fsp3) is 0. The molecule has 0 fully saturated rings. The van der Waals surface area contributed by atoms with Gasteiger partial charge in [0.2, 0.25) is 0 Å². The highest BCUT2D eigenvalue weighted by molar-refractivity contribution is 6.07. The first-order chi connectivity index (χ1) is 6.86. The molecule has 68 valence electrons. The van der Waals surface area contributed by atoms with Crippen LogP contribution in [-0.2, 0) is 0 Å². The quantitative estimate of drug-likeness (QED) is 0.585. The summed E-state index contributed by atoms with van der Waals surface area (Å²) < 4.78 is 5.18. The third-order valence-electron chi connectivity index (χ3n) is 2.34. The maximum absolute atomic E-state index is 9.64. The maximum Gasteiger partial charge on any atom is 0.176 e. The fourth-order valence-corrected chi connectivity index (χ4v) is 1.69. The molecule has 0 aliphatic heterocycles. The van der Waals surface area contributed by atoms with E-state index in [1.807, 2.05) is 12.1 Å². The first-order valence-corrected chi connectivity index (χ1v) is 4.29. The summed E-state index contributed by atoms with van der Waals surface area (Å²) in [6.45, 7) is 0. The summed E-state index contributed by atoms with van der Waals surface area (Å²) >= 11 is 0. The van der Waals surface area contributed by atoms with E-state index >= 15 is 0 Å². The van der Waals surface area contributed by atoms with Crippen LogP contribution in [0.5, 0.6) is 5.75 Å². The molecule has 0 aliphatic rings. The Morgan fingerprint density at radius 2 is 2.14 bits per heavy atom. The lowest BCUT2D eigenvalue weighted by Gasteiger charge is -1.99. The van der Waals surface area contributed by atoms with Gasteiger partial charge >= 0.3 is 0 Å². The zero-order valence-corrected chi connectivity index (χ0v) is 7.27. The molecular weight excluding hydrogens is 178 g/mol. The summed E-state index contributed by atoms with van der Waals surface area (Å²) in [5.74, 6) is 0.170. The van der Waals surface area contributed by atoms with E-state index in [-0.39, 0.29) is 5.75 Å². The average Bonchev–Trinajstić information content (AvgIpc) is 2.67. The molecule has 0 saturated heterocycles. The number of phenolic OH excluding ortho intramolecular Hbond substituents is 1. The minimum Gasteiger partial charge on any atom is -0.504 e. The Hall–Kier alpha value is -2.03. The number of fused-ring (bicyclic) bond motifs is 3. The van der Waals surface area contributed by atoms with Gasteiger partial charge in [0.15, 0.2) is 11.3 Å². The predicted octanol–water partition coefficient (Wildman–Crippen LogP) is 2.69. The summed E-state index contributed by atoms with van der Waals surface area (Å²) in [5, 5.41) is 12.5. The summed E-state index contributed by atoms with van der Waals surface area (Å²) in [5.41, 5.74) is 0.519. The molecule has 3 aromatic rings. The summed E-state index contributed by atoms with van der Waals surface area (Å²) in [6.07, 6.45) is 5.04. The topological polar surface area (TPSA) is 46.3 Å². The van der Waals surface area contributed by atoms with Crippen LogP contribution in [0.4, 0.5) is 0 Å². The molecule has 3 rings (SSSR count). The van der Waals surface area contributed by atoms with Crippen LogP contribution < -0.4 is 0 Å². The summed E-state index contributed by atoms with van der Waals surface area (Å²) in [6, 6.07) is 5.38. The Balaban J connectivity index is 2.66. The molecular formula is C11H7NO2. The van der Waals surface area contributed by atoms with Crippen molar-refractivity contribution in [3.05, 3.63) is 36.9 Å². The second kappa shape index (κ2) is 2.48. The molecule has 0 unspecified atom stereocenters. The molecule has 3 heteroatoms. The number of rotatable bonds is 0. The van der Waals surface area contributed by atoms with Gasteiger partial charge in [0.1, 0.15) is 0 Å². The highest BCUT2D eigenvalue weighted by Crippen LogP contribution is 2.32. The Morgan fingerprint density at radius 1 is 1.21 bits per heavy atom. The molecule has 1 N–H and O–H groups in total. The van der Waals surface area contributed by atoms with Crippen LogP contribution >= 0.6 is 0 Å². The molecule has 0 amide bonds. The first-order valence-electron chi connectivity index (χ1n) is 4.29. The lowest BCUT2D eigenvalue weighted by Crippen LogP contribution is -1.76. The number of aromatic nitrogens is 1. The first kappa shape index (κ1) is 7.38. The average molecular weight is 185 g/mol. The number of furan rings is 1. The Bertz CT molecular complexity index is 613.